The van der Waals surface area contributed by atoms with E-state index in [1.54, 1.807) is 0 Å². The lowest BCUT2D eigenvalue weighted by molar-refractivity contribution is -0.131. The fourth-order valence-electron chi connectivity index (χ4n) is 2.83. The molecule has 0 unspecified atom stereocenters. The lowest BCUT2D eigenvalue weighted by Crippen LogP contribution is -2.36. The highest BCUT2D eigenvalue weighted by atomic mass is 16.2. The predicted molar refractivity (Wildman–Crippen MR) is 85.7 cm³/mol. The summed E-state index contributed by atoms with van der Waals surface area (Å²) in [5.41, 5.74) is 2.16. The van der Waals surface area contributed by atoms with E-state index in [-0.39, 0.29) is 5.91 Å². The van der Waals surface area contributed by atoms with Crippen molar-refractivity contribution < 1.29 is 4.79 Å². The van der Waals surface area contributed by atoms with Gasteiger partial charge in [0.15, 0.2) is 0 Å². The van der Waals surface area contributed by atoms with Crippen LogP contribution < -0.4 is 0 Å². The Bertz CT molecular complexity index is 617. The number of carbonyl (C=O) groups excluding carboxylic acids is 1. The van der Waals surface area contributed by atoms with Crippen LogP contribution in [0.5, 0.6) is 0 Å². The molecule has 1 fully saturated rings. The summed E-state index contributed by atoms with van der Waals surface area (Å²) in [6, 6.07) is 10.0. The summed E-state index contributed by atoms with van der Waals surface area (Å²) in [6.45, 7) is 3.03. The number of likely N-dealkylation sites (tertiary alicyclic amines) is 1. The highest BCUT2D eigenvalue weighted by Gasteiger charge is 2.19. The van der Waals surface area contributed by atoms with Gasteiger partial charge < -0.3 is 4.90 Å². The Labute approximate surface area is 131 Å². The zero-order valence-electron chi connectivity index (χ0n) is 13.0. The molecule has 1 saturated heterocycles. The van der Waals surface area contributed by atoms with Crippen molar-refractivity contribution in [2.75, 3.05) is 26.7 Å². The minimum Gasteiger partial charge on any atom is -0.342 e. The molecule has 1 aliphatic heterocycles. The number of hydrogen-bond acceptors (Lipinski definition) is 3. The van der Waals surface area contributed by atoms with E-state index in [9.17, 15) is 4.79 Å². The molecule has 1 aromatic heterocycles. The van der Waals surface area contributed by atoms with Crippen LogP contribution in [0.3, 0.4) is 0 Å². The van der Waals surface area contributed by atoms with E-state index in [0.717, 1.165) is 43.7 Å². The average Bonchev–Trinajstić information content (AvgIpc) is 3.19. The molecule has 2 aromatic rings. The fraction of sp³-hybridized carbons (Fsp3) is 0.412. The van der Waals surface area contributed by atoms with Crippen molar-refractivity contribution in [3.05, 3.63) is 48.3 Å². The third kappa shape index (κ3) is 3.54. The maximum absolute atomic E-state index is 12.1. The van der Waals surface area contributed by atoms with Crippen molar-refractivity contribution in [2.24, 2.45) is 0 Å². The maximum Gasteiger partial charge on any atom is 0.236 e. The van der Waals surface area contributed by atoms with Gasteiger partial charge >= 0.3 is 0 Å². The van der Waals surface area contributed by atoms with Crippen LogP contribution in [0, 0.1) is 0 Å². The van der Waals surface area contributed by atoms with Crippen LogP contribution >= 0.6 is 0 Å². The summed E-state index contributed by atoms with van der Waals surface area (Å²) in [5.74, 6) is 0.232. The smallest absolute Gasteiger partial charge is 0.236 e. The Morgan fingerprint density at radius 2 is 1.95 bits per heavy atom. The minimum atomic E-state index is 0.232. The first-order chi connectivity index (χ1) is 10.7. The minimum absolute atomic E-state index is 0.232. The number of aromatic nitrogens is 2. The molecule has 0 bridgehead atoms. The molecule has 116 valence electrons. The number of carbonyl (C=O) groups is 1. The van der Waals surface area contributed by atoms with Gasteiger partial charge in [0.2, 0.25) is 5.91 Å². The summed E-state index contributed by atoms with van der Waals surface area (Å²) in [5, 5.41) is 4.39. The summed E-state index contributed by atoms with van der Waals surface area (Å²) in [4.78, 5) is 16.1. The van der Waals surface area contributed by atoms with Crippen molar-refractivity contribution >= 4 is 5.91 Å². The number of para-hydroxylation sites is 1. The predicted octanol–water partition coefficient (Wildman–Crippen LogP) is 1.93. The van der Waals surface area contributed by atoms with Crippen molar-refractivity contribution in [1.29, 1.82) is 0 Å². The molecule has 5 heteroatoms. The second kappa shape index (κ2) is 6.75. The van der Waals surface area contributed by atoms with Gasteiger partial charge in [-0.1, -0.05) is 18.2 Å². The van der Waals surface area contributed by atoms with E-state index in [1.807, 2.05) is 64.3 Å². The third-order valence-corrected chi connectivity index (χ3v) is 3.97. The zero-order chi connectivity index (χ0) is 15.4. The molecule has 0 spiro atoms. The molecule has 0 saturated carbocycles. The van der Waals surface area contributed by atoms with Gasteiger partial charge in [-0.3, -0.25) is 9.69 Å². The number of hydrogen-bond donors (Lipinski definition) is 0. The first-order valence-electron chi connectivity index (χ1n) is 7.78. The molecule has 22 heavy (non-hydrogen) atoms. The molecule has 5 nitrogen and oxygen atoms in total. The highest BCUT2D eigenvalue weighted by molar-refractivity contribution is 5.78. The van der Waals surface area contributed by atoms with Crippen molar-refractivity contribution in [3.63, 3.8) is 0 Å². The van der Waals surface area contributed by atoms with Crippen molar-refractivity contribution in [3.8, 4) is 5.69 Å². The number of benzene rings is 1. The van der Waals surface area contributed by atoms with Crippen LogP contribution in [-0.2, 0) is 11.3 Å². The van der Waals surface area contributed by atoms with Crippen LogP contribution in [0.1, 0.15) is 18.4 Å². The van der Waals surface area contributed by atoms with Crippen LogP contribution in [-0.4, -0.2) is 52.2 Å². The van der Waals surface area contributed by atoms with Gasteiger partial charge in [0.1, 0.15) is 0 Å². The molecular weight excluding hydrogens is 276 g/mol. The van der Waals surface area contributed by atoms with Crippen LogP contribution in [0.15, 0.2) is 42.7 Å². The van der Waals surface area contributed by atoms with Gasteiger partial charge in [-0.05, 0) is 32.0 Å². The van der Waals surface area contributed by atoms with Crippen LogP contribution in [0.4, 0.5) is 0 Å². The van der Waals surface area contributed by atoms with E-state index < -0.39 is 0 Å². The van der Waals surface area contributed by atoms with Gasteiger partial charge in [0.05, 0.1) is 18.4 Å². The van der Waals surface area contributed by atoms with Gasteiger partial charge in [-0.15, -0.1) is 0 Å². The molecule has 1 aliphatic rings. The summed E-state index contributed by atoms with van der Waals surface area (Å²) in [6.07, 6.45) is 6.16. The average molecular weight is 298 g/mol. The SMILES string of the molecule is CN(CC(=O)N1CCCC1)Cc1cnn(-c2ccccc2)c1. The van der Waals surface area contributed by atoms with Gasteiger partial charge in [0, 0.05) is 31.4 Å². The first-order valence-corrected chi connectivity index (χ1v) is 7.78. The summed E-state index contributed by atoms with van der Waals surface area (Å²) in [7, 11) is 1.98. The Morgan fingerprint density at radius 3 is 2.68 bits per heavy atom. The fourth-order valence-corrected chi connectivity index (χ4v) is 2.83. The first kappa shape index (κ1) is 14.8. The normalized spacial score (nSPS) is 14.7. The van der Waals surface area contributed by atoms with Gasteiger partial charge in [-0.2, -0.15) is 5.10 Å². The molecular formula is C17H22N4O. The molecule has 0 N–H and O–H groups in total. The summed E-state index contributed by atoms with van der Waals surface area (Å²) >= 11 is 0. The molecule has 0 aliphatic carbocycles. The molecule has 0 radical (unpaired) electrons. The zero-order valence-corrected chi connectivity index (χ0v) is 13.0. The number of rotatable bonds is 5. The highest BCUT2D eigenvalue weighted by Crippen LogP contribution is 2.11. The largest absolute Gasteiger partial charge is 0.342 e. The van der Waals surface area contributed by atoms with E-state index in [2.05, 4.69) is 5.10 Å². The second-order valence-electron chi connectivity index (χ2n) is 5.89. The van der Waals surface area contributed by atoms with Crippen molar-refractivity contribution in [2.45, 2.75) is 19.4 Å². The van der Waals surface area contributed by atoms with E-state index >= 15 is 0 Å². The Morgan fingerprint density at radius 1 is 1.23 bits per heavy atom. The molecule has 1 amide bonds. The van der Waals surface area contributed by atoms with E-state index in [1.165, 1.54) is 0 Å². The number of nitrogens with zero attached hydrogens (tertiary/aromatic N) is 4. The Kier molecular flexibility index (Phi) is 4.53. The standard InChI is InChI=1S/C17H22N4O/c1-19(14-17(22)20-9-5-6-10-20)12-15-11-18-21(13-15)16-7-3-2-4-8-16/h2-4,7-8,11,13H,5-6,9-10,12,14H2,1H3. The van der Waals surface area contributed by atoms with Crippen LogP contribution in [0.25, 0.3) is 5.69 Å². The molecule has 2 heterocycles. The molecule has 3 rings (SSSR count). The third-order valence-electron chi connectivity index (χ3n) is 3.97. The quantitative estimate of drug-likeness (QED) is 0.847. The lowest BCUT2D eigenvalue weighted by atomic mass is 10.3. The Hall–Kier alpha value is -2.14. The molecule has 0 atom stereocenters. The topological polar surface area (TPSA) is 41.4 Å². The van der Waals surface area contributed by atoms with Crippen molar-refractivity contribution in [1.82, 2.24) is 19.6 Å². The summed E-state index contributed by atoms with van der Waals surface area (Å²) < 4.78 is 1.87. The van der Waals surface area contributed by atoms with Crippen LogP contribution in [0.2, 0.25) is 0 Å². The maximum atomic E-state index is 12.1. The monoisotopic (exact) mass is 298 g/mol. The Balaban J connectivity index is 1.56. The molecule has 1 aromatic carbocycles. The number of likely N-dealkylation sites (N-methyl/N-ethyl adjacent to an activating group) is 1. The van der Waals surface area contributed by atoms with Gasteiger partial charge in [0.25, 0.3) is 0 Å². The van der Waals surface area contributed by atoms with E-state index in [4.69, 9.17) is 0 Å². The second-order valence-corrected chi connectivity index (χ2v) is 5.89. The van der Waals surface area contributed by atoms with Gasteiger partial charge in [-0.25, -0.2) is 4.68 Å². The lowest BCUT2D eigenvalue weighted by Gasteiger charge is -2.20. The number of amides is 1. The van der Waals surface area contributed by atoms with E-state index in [0.29, 0.717) is 6.54 Å².